The Morgan fingerprint density at radius 1 is 1.47 bits per heavy atom. The van der Waals surface area contributed by atoms with E-state index < -0.39 is 15.9 Å². The van der Waals surface area contributed by atoms with Crippen LogP contribution in [0.2, 0.25) is 0 Å². The molecule has 1 aromatic rings. The predicted octanol–water partition coefficient (Wildman–Crippen LogP) is 0.391. The standard InChI is InChI=1S/C10H10N4O2S/c1-8(4-11)6-14-17(15,16)10-3-2-9(5-12)13-7-10/h2-3,7-8,14H,6H2,1H3. The highest BCUT2D eigenvalue weighted by molar-refractivity contribution is 7.89. The van der Waals surface area contributed by atoms with Crippen LogP contribution in [0.15, 0.2) is 23.2 Å². The molecule has 1 rings (SSSR count). The van der Waals surface area contributed by atoms with Gasteiger partial charge in [-0.05, 0) is 19.1 Å². The van der Waals surface area contributed by atoms with Crippen LogP contribution in [-0.2, 0) is 10.0 Å². The lowest BCUT2D eigenvalue weighted by Gasteiger charge is -2.06. The summed E-state index contributed by atoms with van der Waals surface area (Å²) in [5, 5.41) is 17.1. The molecule has 0 aliphatic heterocycles. The molecule has 0 bridgehead atoms. The SMILES string of the molecule is CC(C#N)CNS(=O)(=O)c1ccc(C#N)nc1. The minimum absolute atomic E-state index is 0.0263. The Bertz CT molecular complexity index is 566. The number of aromatic nitrogens is 1. The summed E-state index contributed by atoms with van der Waals surface area (Å²) in [6, 6.07) is 6.34. The summed E-state index contributed by atoms with van der Waals surface area (Å²) in [4.78, 5) is 3.64. The van der Waals surface area contributed by atoms with Crippen molar-refractivity contribution in [1.29, 1.82) is 10.5 Å². The van der Waals surface area contributed by atoms with E-state index in [0.717, 1.165) is 6.20 Å². The van der Waals surface area contributed by atoms with Crippen LogP contribution in [0.3, 0.4) is 0 Å². The zero-order valence-corrected chi connectivity index (χ0v) is 9.90. The number of nitriles is 2. The predicted molar refractivity (Wildman–Crippen MR) is 58.9 cm³/mol. The highest BCUT2D eigenvalue weighted by Gasteiger charge is 2.15. The molecule has 0 aromatic carbocycles. The fourth-order valence-corrected chi connectivity index (χ4v) is 2.04. The number of nitrogens with zero attached hydrogens (tertiary/aromatic N) is 3. The molecule has 1 heterocycles. The van der Waals surface area contributed by atoms with E-state index in [1.165, 1.54) is 12.1 Å². The molecule has 0 amide bonds. The normalized spacial score (nSPS) is 12.4. The number of rotatable bonds is 4. The molecule has 17 heavy (non-hydrogen) atoms. The third-order valence-electron chi connectivity index (χ3n) is 1.96. The lowest BCUT2D eigenvalue weighted by atomic mass is 10.2. The van der Waals surface area contributed by atoms with E-state index in [1.54, 1.807) is 13.0 Å². The molecule has 1 unspecified atom stereocenters. The summed E-state index contributed by atoms with van der Waals surface area (Å²) >= 11 is 0. The quantitative estimate of drug-likeness (QED) is 0.831. The van der Waals surface area contributed by atoms with Gasteiger partial charge in [-0.1, -0.05) is 0 Å². The van der Waals surface area contributed by atoms with Crippen LogP contribution in [0, 0.1) is 28.6 Å². The van der Waals surface area contributed by atoms with Crippen molar-refractivity contribution in [2.24, 2.45) is 5.92 Å². The van der Waals surface area contributed by atoms with Crippen LogP contribution in [0.4, 0.5) is 0 Å². The maximum Gasteiger partial charge on any atom is 0.242 e. The zero-order valence-electron chi connectivity index (χ0n) is 9.08. The summed E-state index contributed by atoms with van der Waals surface area (Å²) in [5.41, 5.74) is 0.148. The van der Waals surface area contributed by atoms with Gasteiger partial charge in [-0.15, -0.1) is 0 Å². The molecular weight excluding hydrogens is 240 g/mol. The van der Waals surface area contributed by atoms with Crippen molar-refractivity contribution in [3.8, 4) is 12.1 Å². The smallest absolute Gasteiger partial charge is 0.242 e. The number of pyridine rings is 1. The first kappa shape index (κ1) is 13.1. The third-order valence-corrected chi connectivity index (χ3v) is 3.37. The first-order valence-electron chi connectivity index (χ1n) is 4.75. The van der Waals surface area contributed by atoms with E-state index in [2.05, 4.69) is 9.71 Å². The molecule has 88 valence electrons. The van der Waals surface area contributed by atoms with Gasteiger partial charge < -0.3 is 0 Å². The Balaban J connectivity index is 2.84. The monoisotopic (exact) mass is 250 g/mol. The van der Waals surface area contributed by atoms with Gasteiger partial charge in [0.05, 0.1) is 12.0 Å². The average molecular weight is 250 g/mol. The Morgan fingerprint density at radius 2 is 2.18 bits per heavy atom. The number of sulfonamides is 1. The summed E-state index contributed by atoms with van der Waals surface area (Å²) in [5.74, 6) is -0.406. The number of nitrogens with one attached hydrogen (secondary N) is 1. The molecule has 1 aromatic heterocycles. The van der Waals surface area contributed by atoms with E-state index in [0.29, 0.717) is 0 Å². The Morgan fingerprint density at radius 3 is 2.65 bits per heavy atom. The highest BCUT2D eigenvalue weighted by atomic mass is 32.2. The second-order valence-electron chi connectivity index (χ2n) is 3.37. The van der Waals surface area contributed by atoms with Gasteiger partial charge in [0.2, 0.25) is 10.0 Å². The molecule has 0 radical (unpaired) electrons. The second kappa shape index (κ2) is 5.39. The molecule has 1 N–H and O–H groups in total. The topological polar surface area (TPSA) is 107 Å². The van der Waals surface area contributed by atoms with Gasteiger partial charge in [0, 0.05) is 12.7 Å². The molecular formula is C10H10N4O2S. The van der Waals surface area contributed by atoms with E-state index in [1.807, 2.05) is 6.07 Å². The Labute approximate surface area is 99.6 Å². The number of hydrogen-bond acceptors (Lipinski definition) is 5. The molecule has 7 heteroatoms. The van der Waals surface area contributed by atoms with Crippen molar-refractivity contribution in [1.82, 2.24) is 9.71 Å². The first-order chi connectivity index (χ1) is 7.99. The van der Waals surface area contributed by atoms with Crippen molar-refractivity contribution < 1.29 is 8.42 Å². The number of hydrogen-bond donors (Lipinski definition) is 1. The maximum atomic E-state index is 11.7. The van der Waals surface area contributed by atoms with Crippen LogP contribution in [0.5, 0.6) is 0 Å². The van der Waals surface area contributed by atoms with E-state index in [4.69, 9.17) is 10.5 Å². The molecule has 0 aliphatic rings. The molecule has 0 aliphatic carbocycles. The van der Waals surface area contributed by atoms with Crippen molar-refractivity contribution >= 4 is 10.0 Å². The van der Waals surface area contributed by atoms with Crippen LogP contribution in [0.1, 0.15) is 12.6 Å². The highest BCUT2D eigenvalue weighted by Crippen LogP contribution is 2.07. The van der Waals surface area contributed by atoms with Gasteiger partial charge in [0.15, 0.2) is 0 Å². The molecule has 0 spiro atoms. The zero-order chi connectivity index (χ0) is 12.9. The molecule has 6 nitrogen and oxygen atoms in total. The van der Waals surface area contributed by atoms with Gasteiger partial charge >= 0.3 is 0 Å². The fraction of sp³-hybridized carbons (Fsp3) is 0.300. The molecule has 0 fully saturated rings. The Kier molecular flexibility index (Phi) is 4.16. The van der Waals surface area contributed by atoms with E-state index >= 15 is 0 Å². The van der Waals surface area contributed by atoms with Gasteiger partial charge in [-0.3, -0.25) is 0 Å². The van der Waals surface area contributed by atoms with E-state index in [-0.39, 0.29) is 17.1 Å². The van der Waals surface area contributed by atoms with Gasteiger partial charge in [0.1, 0.15) is 16.7 Å². The summed E-state index contributed by atoms with van der Waals surface area (Å²) < 4.78 is 25.7. The minimum Gasteiger partial charge on any atom is -0.244 e. The lowest BCUT2D eigenvalue weighted by molar-refractivity contribution is 0.572. The van der Waals surface area contributed by atoms with Crippen molar-refractivity contribution in [2.75, 3.05) is 6.54 Å². The van der Waals surface area contributed by atoms with Gasteiger partial charge in [0.25, 0.3) is 0 Å². The summed E-state index contributed by atoms with van der Waals surface area (Å²) in [6.07, 6.45) is 1.11. The maximum absolute atomic E-state index is 11.7. The fourth-order valence-electron chi connectivity index (χ4n) is 0.969. The first-order valence-corrected chi connectivity index (χ1v) is 6.23. The van der Waals surface area contributed by atoms with E-state index in [9.17, 15) is 8.42 Å². The summed E-state index contributed by atoms with van der Waals surface area (Å²) in [7, 11) is -3.66. The van der Waals surface area contributed by atoms with Crippen LogP contribution in [-0.4, -0.2) is 19.9 Å². The Hall–Kier alpha value is -1.96. The van der Waals surface area contributed by atoms with Gasteiger partial charge in [-0.2, -0.15) is 10.5 Å². The van der Waals surface area contributed by atoms with Gasteiger partial charge in [-0.25, -0.2) is 18.1 Å². The van der Waals surface area contributed by atoms with Crippen molar-refractivity contribution in [2.45, 2.75) is 11.8 Å². The molecule has 0 saturated heterocycles. The van der Waals surface area contributed by atoms with Crippen molar-refractivity contribution in [3.05, 3.63) is 24.0 Å². The van der Waals surface area contributed by atoms with Crippen LogP contribution < -0.4 is 4.72 Å². The third kappa shape index (κ3) is 3.52. The average Bonchev–Trinajstić information content (AvgIpc) is 2.36. The van der Waals surface area contributed by atoms with Crippen molar-refractivity contribution in [3.63, 3.8) is 0 Å². The lowest BCUT2D eigenvalue weighted by Crippen LogP contribution is -2.28. The molecule has 0 saturated carbocycles. The van der Waals surface area contributed by atoms with Crippen LogP contribution in [0.25, 0.3) is 0 Å². The van der Waals surface area contributed by atoms with Crippen LogP contribution >= 0.6 is 0 Å². The summed E-state index contributed by atoms with van der Waals surface area (Å²) in [6.45, 7) is 1.65. The largest absolute Gasteiger partial charge is 0.244 e. The molecule has 1 atom stereocenters. The minimum atomic E-state index is -3.66. The second-order valence-corrected chi connectivity index (χ2v) is 5.14.